The van der Waals surface area contributed by atoms with Crippen molar-refractivity contribution in [2.75, 3.05) is 12.3 Å². The number of nitrogens with one attached hydrogen (secondary N) is 1. The maximum atomic E-state index is 11.9. The van der Waals surface area contributed by atoms with Crippen LogP contribution in [0.5, 0.6) is 0 Å². The Kier molecular flexibility index (Phi) is 5.80. The lowest BCUT2D eigenvalue weighted by Crippen LogP contribution is -2.28. The van der Waals surface area contributed by atoms with Gasteiger partial charge in [-0.05, 0) is 50.3 Å². The van der Waals surface area contributed by atoms with E-state index in [4.69, 9.17) is 0 Å². The predicted octanol–water partition coefficient (Wildman–Crippen LogP) is 2.51. The van der Waals surface area contributed by atoms with Crippen LogP contribution >= 0.6 is 11.8 Å². The Hall–Kier alpha value is -1.95. The molecule has 0 radical (unpaired) electrons. The van der Waals surface area contributed by atoms with Crippen LogP contribution < -0.4 is 5.32 Å². The third kappa shape index (κ3) is 4.54. The zero-order valence-electron chi connectivity index (χ0n) is 13.9. The summed E-state index contributed by atoms with van der Waals surface area (Å²) in [6.07, 6.45) is 8.75. The molecule has 0 saturated heterocycles. The van der Waals surface area contributed by atoms with Crippen molar-refractivity contribution in [1.82, 2.24) is 20.3 Å². The number of fused-ring (bicyclic) bond motifs is 1. The molecule has 0 aliphatic heterocycles. The van der Waals surface area contributed by atoms with E-state index >= 15 is 0 Å². The number of aryl methyl sites for hydroxylation is 2. The predicted molar refractivity (Wildman–Crippen MR) is 95.1 cm³/mol. The molecule has 5 nitrogen and oxygen atoms in total. The van der Waals surface area contributed by atoms with Crippen molar-refractivity contribution in [2.24, 2.45) is 0 Å². The fourth-order valence-electron chi connectivity index (χ4n) is 2.90. The first kappa shape index (κ1) is 16.9. The van der Waals surface area contributed by atoms with Crippen LogP contribution in [-0.2, 0) is 24.1 Å². The largest absolute Gasteiger partial charge is 0.355 e. The fraction of sp³-hybridized carbons (Fsp3) is 0.444. The van der Waals surface area contributed by atoms with E-state index in [9.17, 15) is 4.79 Å². The van der Waals surface area contributed by atoms with Crippen molar-refractivity contribution in [3.8, 4) is 0 Å². The molecule has 0 bridgehead atoms. The summed E-state index contributed by atoms with van der Waals surface area (Å²) < 4.78 is 0. The average Bonchev–Trinajstić information content (AvgIpc) is 2.61. The van der Waals surface area contributed by atoms with E-state index in [-0.39, 0.29) is 5.91 Å². The van der Waals surface area contributed by atoms with Gasteiger partial charge in [0.1, 0.15) is 5.82 Å². The molecule has 1 N–H and O–H groups in total. The van der Waals surface area contributed by atoms with Gasteiger partial charge in [0, 0.05) is 41.6 Å². The van der Waals surface area contributed by atoms with E-state index in [1.165, 1.54) is 35.9 Å². The van der Waals surface area contributed by atoms with Gasteiger partial charge in [-0.2, -0.15) is 0 Å². The number of thioether (sulfide) groups is 1. The summed E-state index contributed by atoms with van der Waals surface area (Å²) in [7, 11) is 0. The number of carbonyl (C=O) groups excluding carboxylic acids is 1. The fourth-order valence-corrected chi connectivity index (χ4v) is 3.62. The second-order valence-corrected chi connectivity index (χ2v) is 6.98. The third-order valence-electron chi connectivity index (χ3n) is 4.13. The van der Waals surface area contributed by atoms with E-state index in [1.807, 2.05) is 12.1 Å². The van der Waals surface area contributed by atoms with E-state index < -0.39 is 0 Å². The number of aromatic nitrogens is 3. The molecule has 0 saturated carbocycles. The molecule has 24 heavy (non-hydrogen) atoms. The quantitative estimate of drug-likeness (QED) is 0.817. The molecule has 0 aromatic carbocycles. The van der Waals surface area contributed by atoms with Crippen molar-refractivity contribution in [3.63, 3.8) is 0 Å². The van der Waals surface area contributed by atoms with Crippen molar-refractivity contribution in [2.45, 2.75) is 43.9 Å². The Bertz CT molecular complexity index is 706. The topological polar surface area (TPSA) is 67.8 Å². The van der Waals surface area contributed by atoms with E-state index in [1.54, 1.807) is 12.4 Å². The monoisotopic (exact) mass is 342 g/mol. The highest BCUT2D eigenvalue weighted by Crippen LogP contribution is 2.21. The smallest absolute Gasteiger partial charge is 0.230 e. The summed E-state index contributed by atoms with van der Waals surface area (Å²) in [5, 5.41) is 2.95. The highest BCUT2D eigenvalue weighted by atomic mass is 32.2. The van der Waals surface area contributed by atoms with Gasteiger partial charge in [-0.1, -0.05) is 0 Å². The molecule has 0 fully saturated rings. The first-order valence-corrected chi connectivity index (χ1v) is 9.36. The standard InChI is InChI=1S/C18H22N4OS/c1-13-15-4-2-3-5-16(15)22-17(21-13)8-11-20-18(23)12-24-14-6-9-19-10-7-14/h6-7,9-10H,2-5,8,11-12H2,1H3,(H,20,23). The van der Waals surface area contributed by atoms with Gasteiger partial charge in [-0.3, -0.25) is 9.78 Å². The molecule has 6 heteroatoms. The second kappa shape index (κ2) is 8.24. The van der Waals surface area contributed by atoms with Crippen LogP contribution in [0.3, 0.4) is 0 Å². The molecule has 1 amide bonds. The molecule has 1 aliphatic rings. The summed E-state index contributed by atoms with van der Waals surface area (Å²) in [5.74, 6) is 1.29. The molecule has 126 valence electrons. The summed E-state index contributed by atoms with van der Waals surface area (Å²) in [5.41, 5.74) is 3.65. The lowest BCUT2D eigenvalue weighted by atomic mass is 9.95. The SMILES string of the molecule is Cc1nc(CCNC(=O)CSc2ccncc2)nc2c1CCCC2. The molecule has 0 atom stereocenters. The first-order chi connectivity index (χ1) is 11.7. The number of pyridine rings is 1. The lowest BCUT2D eigenvalue weighted by Gasteiger charge is -2.17. The number of hydrogen-bond acceptors (Lipinski definition) is 5. The van der Waals surface area contributed by atoms with Crippen LogP contribution in [0, 0.1) is 6.92 Å². The summed E-state index contributed by atoms with van der Waals surface area (Å²) in [4.78, 5) is 26.2. The number of nitrogens with zero attached hydrogens (tertiary/aromatic N) is 3. The first-order valence-electron chi connectivity index (χ1n) is 8.37. The molecular weight excluding hydrogens is 320 g/mol. The number of amides is 1. The lowest BCUT2D eigenvalue weighted by molar-refractivity contribution is -0.118. The molecule has 2 aromatic rings. The third-order valence-corrected chi connectivity index (χ3v) is 5.14. The van der Waals surface area contributed by atoms with E-state index in [0.717, 1.165) is 29.3 Å². The summed E-state index contributed by atoms with van der Waals surface area (Å²) in [6.45, 7) is 2.65. The Balaban J connectivity index is 1.46. The summed E-state index contributed by atoms with van der Waals surface area (Å²) >= 11 is 1.51. The van der Waals surface area contributed by atoms with Crippen molar-refractivity contribution in [1.29, 1.82) is 0 Å². The van der Waals surface area contributed by atoms with Crippen LogP contribution in [-0.4, -0.2) is 33.2 Å². The van der Waals surface area contributed by atoms with Gasteiger partial charge in [-0.15, -0.1) is 11.8 Å². The van der Waals surface area contributed by atoms with Gasteiger partial charge in [0.05, 0.1) is 5.75 Å². The molecule has 3 rings (SSSR count). The van der Waals surface area contributed by atoms with Crippen LogP contribution in [0.1, 0.15) is 35.6 Å². The zero-order valence-corrected chi connectivity index (χ0v) is 14.7. The van der Waals surface area contributed by atoms with Gasteiger partial charge >= 0.3 is 0 Å². The molecular formula is C18H22N4OS. The van der Waals surface area contributed by atoms with Crippen LogP contribution in [0.4, 0.5) is 0 Å². The van der Waals surface area contributed by atoms with Gasteiger partial charge in [0.2, 0.25) is 5.91 Å². The number of carbonyl (C=O) groups is 1. The number of hydrogen-bond donors (Lipinski definition) is 1. The van der Waals surface area contributed by atoms with Gasteiger partial charge in [0.25, 0.3) is 0 Å². The van der Waals surface area contributed by atoms with E-state index in [2.05, 4.69) is 27.2 Å². The van der Waals surface area contributed by atoms with Gasteiger partial charge in [-0.25, -0.2) is 9.97 Å². The maximum absolute atomic E-state index is 11.9. The van der Waals surface area contributed by atoms with Crippen molar-refractivity contribution < 1.29 is 4.79 Å². The average molecular weight is 342 g/mol. The number of rotatable bonds is 6. The Morgan fingerprint density at radius 1 is 1.21 bits per heavy atom. The van der Waals surface area contributed by atoms with Crippen molar-refractivity contribution in [3.05, 3.63) is 47.3 Å². The minimum Gasteiger partial charge on any atom is -0.355 e. The van der Waals surface area contributed by atoms with Crippen LogP contribution in [0.15, 0.2) is 29.4 Å². The maximum Gasteiger partial charge on any atom is 0.230 e. The minimum absolute atomic E-state index is 0.0338. The zero-order chi connectivity index (χ0) is 16.8. The Labute approximate surface area is 146 Å². The second-order valence-electron chi connectivity index (χ2n) is 5.93. The van der Waals surface area contributed by atoms with Crippen LogP contribution in [0.2, 0.25) is 0 Å². The molecule has 2 heterocycles. The van der Waals surface area contributed by atoms with Gasteiger partial charge < -0.3 is 5.32 Å². The molecule has 1 aliphatic carbocycles. The highest BCUT2D eigenvalue weighted by molar-refractivity contribution is 8.00. The Morgan fingerprint density at radius 3 is 2.83 bits per heavy atom. The Morgan fingerprint density at radius 2 is 2.00 bits per heavy atom. The molecule has 0 unspecified atom stereocenters. The minimum atomic E-state index is 0.0338. The molecule has 0 spiro atoms. The van der Waals surface area contributed by atoms with E-state index in [0.29, 0.717) is 18.7 Å². The summed E-state index contributed by atoms with van der Waals surface area (Å²) in [6, 6.07) is 3.81. The molecule has 2 aromatic heterocycles. The highest BCUT2D eigenvalue weighted by Gasteiger charge is 2.15. The van der Waals surface area contributed by atoms with Gasteiger partial charge in [0.15, 0.2) is 0 Å². The normalized spacial score (nSPS) is 13.4. The van der Waals surface area contributed by atoms with Crippen LogP contribution in [0.25, 0.3) is 0 Å². The van der Waals surface area contributed by atoms with Crippen molar-refractivity contribution >= 4 is 17.7 Å².